The van der Waals surface area contributed by atoms with Crippen molar-refractivity contribution in [3.8, 4) is 0 Å². The Balaban J connectivity index is 2.17. The molecule has 1 heterocycles. The van der Waals surface area contributed by atoms with Crippen LogP contribution in [-0.2, 0) is 6.54 Å². The molecule has 0 amide bonds. The summed E-state index contributed by atoms with van der Waals surface area (Å²) in [7, 11) is 1.97. The number of H-pyrrole nitrogens is 1. The molecule has 1 saturated carbocycles. The van der Waals surface area contributed by atoms with E-state index in [1.807, 2.05) is 7.05 Å². The van der Waals surface area contributed by atoms with Crippen LogP contribution in [0, 0.1) is 6.92 Å². The summed E-state index contributed by atoms with van der Waals surface area (Å²) in [6, 6.07) is 0. The second-order valence-electron chi connectivity index (χ2n) is 4.22. The molecule has 0 spiro atoms. The topological polar surface area (TPSA) is 40.7 Å². The maximum Gasteiger partial charge on any atom is 0.0685 e. The maximum absolute atomic E-state index is 4.45. The Morgan fingerprint density at radius 2 is 2.14 bits per heavy atom. The van der Waals surface area contributed by atoms with E-state index in [-0.39, 0.29) is 0 Å². The molecule has 1 aromatic rings. The summed E-state index contributed by atoms with van der Waals surface area (Å²) in [6.07, 6.45) is 5.39. The first-order valence-electron chi connectivity index (χ1n) is 5.51. The standard InChI is InChI=1S/C11H19N3/c1-8-10(7-12-2)13-14-11(8)9-5-3-4-6-9/h9,12H,3-7H2,1-2H3,(H,13,14). The summed E-state index contributed by atoms with van der Waals surface area (Å²) in [4.78, 5) is 0. The van der Waals surface area contributed by atoms with E-state index in [0.717, 1.165) is 12.5 Å². The first-order valence-corrected chi connectivity index (χ1v) is 5.51. The van der Waals surface area contributed by atoms with E-state index in [2.05, 4.69) is 22.4 Å². The first kappa shape index (κ1) is 9.71. The van der Waals surface area contributed by atoms with Gasteiger partial charge in [0.05, 0.1) is 11.4 Å². The minimum absolute atomic E-state index is 0.719. The Bertz CT molecular complexity index is 297. The monoisotopic (exact) mass is 193 g/mol. The number of aromatic nitrogens is 2. The Hall–Kier alpha value is -0.830. The lowest BCUT2D eigenvalue weighted by Gasteiger charge is -2.06. The van der Waals surface area contributed by atoms with E-state index >= 15 is 0 Å². The van der Waals surface area contributed by atoms with Crippen LogP contribution in [0.3, 0.4) is 0 Å². The molecule has 0 saturated heterocycles. The molecule has 3 heteroatoms. The van der Waals surface area contributed by atoms with Gasteiger partial charge >= 0.3 is 0 Å². The molecule has 3 nitrogen and oxygen atoms in total. The highest BCUT2D eigenvalue weighted by Crippen LogP contribution is 2.34. The van der Waals surface area contributed by atoms with Crippen LogP contribution < -0.4 is 5.32 Å². The average Bonchev–Trinajstić information content (AvgIpc) is 2.77. The number of nitrogens with one attached hydrogen (secondary N) is 2. The van der Waals surface area contributed by atoms with Gasteiger partial charge in [-0.2, -0.15) is 5.10 Å². The van der Waals surface area contributed by atoms with Gasteiger partial charge in [0.25, 0.3) is 0 Å². The Labute approximate surface area is 85.3 Å². The lowest BCUT2D eigenvalue weighted by Crippen LogP contribution is -2.06. The molecule has 2 N–H and O–H groups in total. The molecule has 1 aliphatic carbocycles. The highest BCUT2D eigenvalue weighted by atomic mass is 15.1. The Morgan fingerprint density at radius 3 is 2.79 bits per heavy atom. The molecule has 1 aromatic heterocycles. The molecule has 14 heavy (non-hydrogen) atoms. The van der Waals surface area contributed by atoms with Crippen molar-refractivity contribution in [2.75, 3.05) is 7.05 Å². The molecule has 78 valence electrons. The Morgan fingerprint density at radius 1 is 1.43 bits per heavy atom. The molecule has 2 rings (SSSR count). The van der Waals surface area contributed by atoms with Crippen molar-refractivity contribution in [1.29, 1.82) is 0 Å². The van der Waals surface area contributed by atoms with Crippen molar-refractivity contribution in [2.24, 2.45) is 0 Å². The molecule has 0 unspecified atom stereocenters. The predicted molar refractivity (Wildman–Crippen MR) is 57.3 cm³/mol. The van der Waals surface area contributed by atoms with E-state index in [1.54, 1.807) is 0 Å². The number of hydrogen-bond acceptors (Lipinski definition) is 2. The van der Waals surface area contributed by atoms with Crippen molar-refractivity contribution in [3.05, 3.63) is 17.0 Å². The predicted octanol–water partition coefficient (Wildman–Crippen LogP) is 2.10. The van der Waals surface area contributed by atoms with E-state index in [9.17, 15) is 0 Å². The second kappa shape index (κ2) is 4.13. The van der Waals surface area contributed by atoms with Gasteiger partial charge < -0.3 is 5.32 Å². The van der Waals surface area contributed by atoms with Gasteiger partial charge in [0.1, 0.15) is 0 Å². The summed E-state index contributed by atoms with van der Waals surface area (Å²) >= 11 is 0. The number of aromatic amines is 1. The van der Waals surface area contributed by atoms with Gasteiger partial charge in [-0.05, 0) is 32.4 Å². The Kier molecular flexibility index (Phi) is 2.87. The third-order valence-electron chi connectivity index (χ3n) is 3.24. The second-order valence-corrected chi connectivity index (χ2v) is 4.22. The van der Waals surface area contributed by atoms with Gasteiger partial charge in [-0.1, -0.05) is 12.8 Å². The first-order chi connectivity index (χ1) is 6.83. The minimum atomic E-state index is 0.719. The van der Waals surface area contributed by atoms with Gasteiger partial charge in [-0.15, -0.1) is 0 Å². The molecule has 0 radical (unpaired) electrons. The molecular weight excluding hydrogens is 174 g/mol. The van der Waals surface area contributed by atoms with E-state index in [1.165, 1.54) is 42.6 Å². The van der Waals surface area contributed by atoms with Crippen LogP contribution in [0.4, 0.5) is 0 Å². The maximum atomic E-state index is 4.45. The van der Waals surface area contributed by atoms with Crippen molar-refractivity contribution in [3.63, 3.8) is 0 Å². The summed E-state index contributed by atoms with van der Waals surface area (Å²) in [5, 5.41) is 10.7. The molecule has 0 atom stereocenters. The third kappa shape index (κ3) is 1.69. The molecule has 1 aliphatic rings. The minimum Gasteiger partial charge on any atom is -0.314 e. The highest BCUT2D eigenvalue weighted by molar-refractivity contribution is 5.27. The SMILES string of the molecule is CNCc1[nH]nc(C2CCCC2)c1C. The van der Waals surface area contributed by atoms with Crippen molar-refractivity contribution in [1.82, 2.24) is 15.5 Å². The lowest BCUT2D eigenvalue weighted by atomic mass is 10.00. The van der Waals surface area contributed by atoms with E-state index in [0.29, 0.717) is 0 Å². The zero-order chi connectivity index (χ0) is 9.97. The van der Waals surface area contributed by atoms with Gasteiger partial charge in [-0.3, -0.25) is 5.10 Å². The van der Waals surface area contributed by atoms with Crippen LogP contribution in [0.5, 0.6) is 0 Å². The van der Waals surface area contributed by atoms with Gasteiger partial charge in [0, 0.05) is 12.5 Å². The smallest absolute Gasteiger partial charge is 0.0685 e. The number of nitrogens with zero attached hydrogens (tertiary/aromatic N) is 1. The quantitative estimate of drug-likeness (QED) is 0.771. The molecule has 1 fully saturated rings. The molecule has 0 aromatic carbocycles. The van der Waals surface area contributed by atoms with E-state index in [4.69, 9.17) is 0 Å². The average molecular weight is 193 g/mol. The number of hydrogen-bond donors (Lipinski definition) is 2. The van der Waals surface area contributed by atoms with Gasteiger partial charge in [0.15, 0.2) is 0 Å². The zero-order valence-electron chi connectivity index (χ0n) is 9.06. The van der Waals surface area contributed by atoms with Crippen molar-refractivity contribution >= 4 is 0 Å². The molecule has 0 bridgehead atoms. The van der Waals surface area contributed by atoms with Crippen LogP contribution in [0.25, 0.3) is 0 Å². The summed E-state index contributed by atoms with van der Waals surface area (Å²) in [5.74, 6) is 0.719. The third-order valence-corrected chi connectivity index (χ3v) is 3.24. The summed E-state index contributed by atoms with van der Waals surface area (Å²) < 4.78 is 0. The van der Waals surface area contributed by atoms with Crippen LogP contribution in [0.15, 0.2) is 0 Å². The fourth-order valence-electron chi connectivity index (χ4n) is 2.40. The zero-order valence-corrected chi connectivity index (χ0v) is 9.06. The molecule has 0 aliphatic heterocycles. The lowest BCUT2D eigenvalue weighted by molar-refractivity contribution is 0.688. The largest absolute Gasteiger partial charge is 0.314 e. The van der Waals surface area contributed by atoms with Crippen LogP contribution >= 0.6 is 0 Å². The van der Waals surface area contributed by atoms with Crippen LogP contribution in [0.2, 0.25) is 0 Å². The van der Waals surface area contributed by atoms with Gasteiger partial charge in [0.2, 0.25) is 0 Å². The number of rotatable bonds is 3. The van der Waals surface area contributed by atoms with Crippen molar-refractivity contribution < 1.29 is 0 Å². The molecular formula is C11H19N3. The summed E-state index contributed by atoms with van der Waals surface area (Å²) in [5.41, 5.74) is 3.92. The normalized spacial score (nSPS) is 17.9. The van der Waals surface area contributed by atoms with Crippen LogP contribution in [0.1, 0.15) is 48.6 Å². The fourth-order valence-corrected chi connectivity index (χ4v) is 2.40. The highest BCUT2D eigenvalue weighted by Gasteiger charge is 2.22. The van der Waals surface area contributed by atoms with E-state index < -0.39 is 0 Å². The van der Waals surface area contributed by atoms with Crippen LogP contribution in [-0.4, -0.2) is 17.2 Å². The fraction of sp³-hybridized carbons (Fsp3) is 0.727. The van der Waals surface area contributed by atoms with Crippen molar-refractivity contribution in [2.45, 2.75) is 45.1 Å². The van der Waals surface area contributed by atoms with Gasteiger partial charge in [-0.25, -0.2) is 0 Å². The summed E-state index contributed by atoms with van der Waals surface area (Å²) in [6.45, 7) is 3.08.